The van der Waals surface area contributed by atoms with Crippen LogP contribution in [-0.2, 0) is 14.6 Å². The molecule has 0 atom stereocenters. The Morgan fingerprint density at radius 2 is 1.04 bits per heavy atom. The predicted molar refractivity (Wildman–Crippen MR) is 109 cm³/mol. The van der Waals surface area contributed by atoms with Gasteiger partial charge in [-0.3, -0.25) is 4.55 Å². The third-order valence-corrected chi connectivity index (χ3v) is 4.31. The maximum atomic E-state index is 9.56. The Balaban J connectivity index is -0.000000139. The van der Waals surface area contributed by atoms with Crippen LogP contribution in [0.5, 0.6) is 0 Å². The van der Waals surface area contributed by atoms with Gasteiger partial charge in [0.15, 0.2) is 0 Å². The Labute approximate surface area is 175 Å². The van der Waals surface area contributed by atoms with Crippen molar-refractivity contribution in [1.82, 2.24) is 0 Å². The van der Waals surface area contributed by atoms with Gasteiger partial charge in [0.05, 0.1) is 6.61 Å². The molecule has 0 aromatic heterocycles. The number of rotatable bonds is 16. The smallest absolute Gasteiger partial charge is 1.00 e. The fourth-order valence-electron chi connectivity index (χ4n) is 2.46. The molecule has 0 aromatic rings. The zero-order valence-corrected chi connectivity index (χ0v) is 18.8. The van der Waals surface area contributed by atoms with Crippen LogP contribution in [0.15, 0.2) is 0 Å². The van der Waals surface area contributed by atoms with E-state index in [0.717, 1.165) is 6.42 Å². The molecule has 7 heteroatoms. The molecule has 0 radical (unpaired) electrons. The van der Waals surface area contributed by atoms with Gasteiger partial charge < -0.3 is 7.96 Å². The summed E-state index contributed by atoms with van der Waals surface area (Å²) in [5.74, 6) is 0. The predicted octanol–water partition coefficient (Wildman–Crippen LogP) is 5.13. The van der Waals surface area contributed by atoms with E-state index in [1.165, 1.54) is 90.4 Å². The van der Waals surface area contributed by atoms with Crippen LogP contribution in [0.2, 0.25) is 0 Å². The molecule has 0 saturated carbocycles. The van der Waals surface area contributed by atoms with Crippen LogP contribution in [-0.4, -0.2) is 54.3 Å². The molecule has 0 heterocycles. The van der Waals surface area contributed by atoms with Crippen molar-refractivity contribution in [3.05, 3.63) is 0 Å². The molecule has 152 valence electrons. The molecule has 0 rings (SSSR count). The van der Waals surface area contributed by atoms with E-state index in [-0.39, 0.29) is 32.5 Å². The average molecular weight is 395 g/mol. The van der Waals surface area contributed by atoms with Gasteiger partial charge in [0.1, 0.15) is 0 Å². The van der Waals surface area contributed by atoms with Gasteiger partial charge in [-0.1, -0.05) is 90.4 Å². The molecule has 0 aliphatic rings. The van der Waals surface area contributed by atoms with Crippen LogP contribution < -0.4 is 0 Å². The van der Waals surface area contributed by atoms with Crippen molar-refractivity contribution in [3.63, 3.8) is 0 Å². The zero-order chi connectivity index (χ0) is 18.5. The van der Waals surface area contributed by atoms with Gasteiger partial charge in [0, 0.05) is 6.61 Å². The number of hydrogen-bond donors (Lipinski definition) is 2. The molecule has 0 fully saturated rings. The van der Waals surface area contributed by atoms with Gasteiger partial charge in [-0.05, 0) is 13.3 Å². The second kappa shape index (κ2) is 24.6. The molecule has 25 heavy (non-hydrogen) atoms. The molecule has 0 aliphatic carbocycles. The number of aliphatic hydroxyl groups excluding tert-OH is 1. The van der Waals surface area contributed by atoms with Crippen LogP contribution in [0.3, 0.4) is 0 Å². The van der Waals surface area contributed by atoms with Crippen LogP contribution in [0.4, 0.5) is 0 Å². The fraction of sp³-hybridized carbons (Fsp3) is 1.00. The molecule has 2 N–H and O–H groups in total. The van der Waals surface area contributed by atoms with Gasteiger partial charge in [0.25, 0.3) is 0 Å². The number of unbranched alkanes of at least 4 members (excludes halogenated alkanes) is 13. The molecule has 0 bridgehead atoms. The maximum absolute atomic E-state index is 9.56. The monoisotopic (exact) mass is 394 g/mol. The Morgan fingerprint density at radius 1 is 0.720 bits per heavy atom. The third-order valence-electron chi connectivity index (χ3n) is 3.78. The summed E-state index contributed by atoms with van der Waals surface area (Å²) < 4.78 is 30.7. The Kier molecular flexibility index (Phi) is 29.8. The summed E-state index contributed by atoms with van der Waals surface area (Å²) in [5.41, 5.74) is 0. The first-order chi connectivity index (χ1) is 11.5. The average Bonchev–Trinajstić information content (AvgIpc) is 2.51. The van der Waals surface area contributed by atoms with E-state index < -0.39 is 10.4 Å². The second-order valence-corrected chi connectivity index (χ2v) is 7.25. The van der Waals surface area contributed by atoms with E-state index in [1.807, 2.05) is 0 Å². The summed E-state index contributed by atoms with van der Waals surface area (Å²) in [7, 11) is -4.17. The van der Waals surface area contributed by atoms with E-state index in [0.29, 0.717) is 6.61 Å². The Hall–Kier alpha value is 0.596. The maximum Gasteiger partial charge on any atom is 2.00 e. The molecular weight excluding hydrogens is 353 g/mol. The van der Waals surface area contributed by atoms with Crippen molar-refractivity contribution >= 4 is 33.5 Å². The molecule has 0 amide bonds. The molecule has 0 spiro atoms. The van der Waals surface area contributed by atoms with Gasteiger partial charge in [-0.25, -0.2) is 4.18 Å². The minimum absolute atomic E-state index is 0. The molecule has 0 aromatic carbocycles. The van der Waals surface area contributed by atoms with Gasteiger partial charge in [-0.2, -0.15) is 8.42 Å². The van der Waals surface area contributed by atoms with Crippen molar-refractivity contribution in [2.75, 3.05) is 13.2 Å². The second-order valence-electron chi connectivity index (χ2n) is 6.15. The number of hydrogen-bond acceptors (Lipinski definition) is 4. The van der Waals surface area contributed by atoms with Crippen LogP contribution in [0.1, 0.15) is 107 Å². The first kappa shape index (κ1) is 30.3. The van der Waals surface area contributed by atoms with Crippen molar-refractivity contribution in [2.45, 2.75) is 104 Å². The van der Waals surface area contributed by atoms with E-state index in [4.69, 9.17) is 9.66 Å². The van der Waals surface area contributed by atoms with Crippen molar-refractivity contribution in [2.24, 2.45) is 0 Å². The number of aliphatic hydroxyl groups is 1. The molecule has 5 nitrogen and oxygen atoms in total. The van der Waals surface area contributed by atoms with E-state index in [1.54, 1.807) is 0 Å². The van der Waals surface area contributed by atoms with Crippen LogP contribution in [0.25, 0.3) is 0 Å². The summed E-state index contributed by atoms with van der Waals surface area (Å²) in [6.45, 7) is 4.09. The summed E-state index contributed by atoms with van der Waals surface area (Å²) in [4.78, 5) is 0. The summed E-state index contributed by atoms with van der Waals surface area (Å²) in [6, 6.07) is 0. The van der Waals surface area contributed by atoms with Crippen molar-refractivity contribution in [1.29, 1.82) is 0 Å². The van der Waals surface area contributed by atoms with Gasteiger partial charge >= 0.3 is 33.5 Å². The standard InChI is InChI=1S/C16H34O.C2H6O4S.Mg.2H/c1-2-3-4-5-6-7-8-9-10-11-12-13-14-15-16-17;1-2-6-7(3,4)5;;;/h17H,2-16H2,1H3;2H2,1H3,(H,3,4,5);;;/q;;+2;2*-1. The fourth-order valence-corrected chi connectivity index (χ4v) is 2.75. The molecule has 0 aliphatic heterocycles. The Bertz CT molecular complexity index is 320. The van der Waals surface area contributed by atoms with Crippen LogP contribution >= 0.6 is 0 Å². The molecule has 0 saturated heterocycles. The van der Waals surface area contributed by atoms with Crippen molar-refractivity contribution in [3.8, 4) is 0 Å². The van der Waals surface area contributed by atoms with E-state index in [9.17, 15) is 8.42 Å². The topological polar surface area (TPSA) is 83.8 Å². The third kappa shape index (κ3) is 36.3. The van der Waals surface area contributed by atoms with Crippen LogP contribution in [0, 0.1) is 0 Å². The molecule has 0 unspecified atom stereocenters. The van der Waals surface area contributed by atoms with E-state index in [2.05, 4.69) is 11.1 Å². The van der Waals surface area contributed by atoms with Gasteiger partial charge in [0.2, 0.25) is 0 Å². The minimum atomic E-state index is -4.17. The first-order valence-corrected chi connectivity index (χ1v) is 11.1. The zero-order valence-electron chi connectivity index (χ0n) is 18.5. The SMILES string of the molecule is CCCCCCCCCCCCCCCCO.CCOS(=O)(=O)O.[H-].[H-].[Mg+2]. The van der Waals surface area contributed by atoms with Gasteiger partial charge in [-0.15, -0.1) is 0 Å². The Morgan fingerprint density at radius 3 is 1.24 bits per heavy atom. The minimum Gasteiger partial charge on any atom is -1.00 e. The molecular formula is C18H42MgO5S. The quantitative estimate of drug-likeness (QED) is 0.215. The summed E-state index contributed by atoms with van der Waals surface area (Å²) in [6.07, 6.45) is 19.2. The van der Waals surface area contributed by atoms with Crippen molar-refractivity contribution < 1.29 is 25.1 Å². The normalized spacial score (nSPS) is 10.7. The summed E-state index contributed by atoms with van der Waals surface area (Å²) >= 11 is 0. The first-order valence-electron chi connectivity index (χ1n) is 9.70. The largest absolute Gasteiger partial charge is 2.00 e. The van der Waals surface area contributed by atoms with E-state index >= 15 is 0 Å². The summed E-state index contributed by atoms with van der Waals surface area (Å²) in [5, 5.41) is 8.64.